The fraction of sp³-hybridized carbons (Fsp3) is 0.348. The maximum absolute atomic E-state index is 12.9. The van der Waals surface area contributed by atoms with E-state index in [2.05, 4.69) is 5.32 Å². The highest BCUT2D eigenvalue weighted by molar-refractivity contribution is 6.05. The van der Waals surface area contributed by atoms with Crippen LogP contribution in [0, 0.1) is 0 Å². The summed E-state index contributed by atoms with van der Waals surface area (Å²) in [6, 6.07) is 12.4. The van der Waals surface area contributed by atoms with Gasteiger partial charge in [0.2, 0.25) is 5.91 Å². The topological polar surface area (TPSA) is 75.7 Å². The van der Waals surface area contributed by atoms with Crippen LogP contribution in [-0.4, -0.2) is 30.4 Å². The van der Waals surface area contributed by atoms with Crippen molar-refractivity contribution in [1.82, 2.24) is 0 Å². The van der Waals surface area contributed by atoms with Gasteiger partial charge < -0.3 is 15.0 Å². The maximum atomic E-state index is 12.9. The maximum Gasteiger partial charge on any atom is 0.338 e. The number of esters is 1. The number of aryl methyl sites for hydroxylation is 2. The van der Waals surface area contributed by atoms with Crippen LogP contribution in [0.5, 0.6) is 0 Å². The highest BCUT2D eigenvalue weighted by Crippen LogP contribution is 2.31. The summed E-state index contributed by atoms with van der Waals surface area (Å²) in [7, 11) is 0. The van der Waals surface area contributed by atoms with Crippen molar-refractivity contribution >= 4 is 29.2 Å². The summed E-state index contributed by atoms with van der Waals surface area (Å²) < 4.78 is 5.33. The van der Waals surface area contributed by atoms with E-state index in [0.717, 1.165) is 19.3 Å². The average Bonchev–Trinajstić information content (AvgIpc) is 2.85. The predicted molar refractivity (Wildman–Crippen MR) is 110 cm³/mol. The predicted octanol–water partition coefficient (Wildman–Crippen LogP) is 3.49. The second kappa shape index (κ2) is 8.07. The summed E-state index contributed by atoms with van der Waals surface area (Å²) in [6.07, 6.45) is 4.50. The lowest BCUT2D eigenvalue weighted by molar-refractivity contribution is -0.122. The van der Waals surface area contributed by atoms with Crippen molar-refractivity contribution < 1.29 is 19.1 Å². The van der Waals surface area contributed by atoms with Crippen molar-refractivity contribution in [2.24, 2.45) is 0 Å². The number of amides is 2. The van der Waals surface area contributed by atoms with Crippen LogP contribution in [0.15, 0.2) is 42.5 Å². The molecule has 1 N–H and O–H groups in total. The van der Waals surface area contributed by atoms with Crippen molar-refractivity contribution in [2.45, 2.75) is 45.1 Å². The van der Waals surface area contributed by atoms with E-state index in [4.69, 9.17) is 4.74 Å². The van der Waals surface area contributed by atoms with E-state index >= 15 is 0 Å². The first kappa shape index (κ1) is 19.2. The zero-order valence-corrected chi connectivity index (χ0v) is 16.4. The Balaban J connectivity index is 1.48. The molecule has 1 aliphatic carbocycles. The van der Waals surface area contributed by atoms with Crippen LogP contribution in [0.3, 0.4) is 0 Å². The number of anilines is 2. The van der Waals surface area contributed by atoms with Gasteiger partial charge >= 0.3 is 5.97 Å². The van der Waals surface area contributed by atoms with Crippen LogP contribution in [-0.2, 0) is 27.2 Å². The molecule has 0 spiro atoms. The van der Waals surface area contributed by atoms with E-state index in [9.17, 15) is 14.4 Å². The summed E-state index contributed by atoms with van der Waals surface area (Å²) >= 11 is 0. The molecule has 1 aliphatic heterocycles. The van der Waals surface area contributed by atoms with Gasteiger partial charge in [0.05, 0.1) is 16.9 Å². The van der Waals surface area contributed by atoms with Crippen LogP contribution in [0.4, 0.5) is 11.4 Å². The molecule has 150 valence electrons. The van der Waals surface area contributed by atoms with Crippen molar-refractivity contribution in [3.63, 3.8) is 0 Å². The lowest BCUT2D eigenvalue weighted by atomic mass is 9.90. The molecule has 29 heavy (non-hydrogen) atoms. The first-order valence-corrected chi connectivity index (χ1v) is 10.0. The summed E-state index contributed by atoms with van der Waals surface area (Å²) in [4.78, 5) is 39.0. The highest BCUT2D eigenvalue weighted by Gasteiger charge is 2.30. The number of hydrogen-bond acceptors (Lipinski definition) is 4. The lowest BCUT2D eigenvalue weighted by Crippen LogP contribution is -2.41. The van der Waals surface area contributed by atoms with Gasteiger partial charge in [0.25, 0.3) is 5.91 Å². The van der Waals surface area contributed by atoms with E-state index in [1.165, 1.54) is 22.4 Å². The Hall–Kier alpha value is -3.15. The molecular weight excluding hydrogens is 368 g/mol. The van der Waals surface area contributed by atoms with Gasteiger partial charge in [-0.1, -0.05) is 18.2 Å². The van der Waals surface area contributed by atoms with Crippen molar-refractivity contribution in [2.75, 3.05) is 16.8 Å². The molecule has 2 aromatic carbocycles. The third kappa shape index (κ3) is 4.01. The van der Waals surface area contributed by atoms with Crippen molar-refractivity contribution in [3.8, 4) is 0 Å². The Morgan fingerprint density at radius 1 is 1.10 bits per heavy atom. The van der Waals surface area contributed by atoms with Gasteiger partial charge in [0.1, 0.15) is 0 Å². The van der Waals surface area contributed by atoms with E-state index < -0.39 is 5.97 Å². The van der Waals surface area contributed by atoms with Crippen LogP contribution >= 0.6 is 0 Å². The normalized spacial score (nSPS) is 18.2. The van der Waals surface area contributed by atoms with Crippen LogP contribution in [0.25, 0.3) is 0 Å². The number of hydrogen-bond donors (Lipinski definition) is 1. The Kier molecular flexibility index (Phi) is 5.34. The van der Waals surface area contributed by atoms with Gasteiger partial charge in [-0.15, -0.1) is 0 Å². The van der Waals surface area contributed by atoms with Crippen molar-refractivity contribution in [1.29, 1.82) is 0 Å². The zero-order chi connectivity index (χ0) is 20.4. The number of rotatable bonds is 3. The summed E-state index contributed by atoms with van der Waals surface area (Å²) in [5.74, 6) is -1.00. The molecule has 0 saturated heterocycles. The van der Waals surface area contributed by atoms with Gasteiger partial charge in [0.15, 0.2) is 6.61 Å². The second-order valence-corrected chi connectivity index (χ2v) is 7.65. The molecule has 0 radical (unpaired) electrons. The van der Waals surface area contributed by atoms with Gasteiger partial charge in [-0.3, -0.25) is 9.59 Å². The molecule has 2 amide bonds. The second-order valence-electron chi connectivity index (χ2n) is 7.65. The molecular formula is C23H24N2O4. The Morgan fingerprint density at radius 3 is 2.69 bits per heavy atom. The fourth-order valence-electron chi connectivity index (χ4n) is 4.11. The van der Waals surface area contributed by atoms with E-state index in [0.29, 0.717) is 16.9 Å². The van der Waals surface area contributed by atoms with Gasteiger partial charge in [-0.25, -0.2) is 4.79 Å². The van der Waals surface area contributed by atoms with Crippen molar-refractivity contribution in [3.05, 3.63) is 59.2 Å². The highest BCUT2D eigenvalue weighted by atomic mass is 16.5. The Labute approximate surface area is 169 Å². The SMILES string of the molecule is CC1CC(=O)Nc2ccccc2N1C(=O)COC(=O)c1ccc2c(c1)CCCC2. The molecule has 2 aromatic rings. The van der Waals surface area contributed by atoms with Gasteiger partial charge in [-0.05, 0) is 68.0 Å². The molecule has 1 unspecified atom stereocenters. The number of benzene rings is 2. The number of carbonyl (C=O) groups is 3. The molecule has 0 bridgehead atoms. The van der Waals surface area contributed by atoms with Crippen LogP contribution in [0.2, 0.25) is 0 Å². The molecule has 6 nitrogen and oxygen atoms in total. The summed E-state index contributed by atoms with van der Waals surface area (Å²) in [5, 5.41) is 2.82. The minimum Gasteiger partial charge on any atom is -0.452 e. The molecule has 6 heteroatoms. The van der Waals surface area contributed by atoms with E-state index in [1.54, 1.807) is 24.3 Å². The number of nitrogens with one attached hydrogen (secondary N) is 1. The molecule has 1 atom stereocenters. The smallest absolute Gasteiger partial charge is 0.338 e. The first-order chi connectivity index (χ1) is 14.0. The number of carbonyl (C=O) groups excluding carboxylic acids is 3. The number of fused-ring (bicyclic) bond motifs is 2. The molecule has 0 aromatic heterocycles. The molecule has 0 saturated carbocycles. The number of ether oxygens (including phenoxy) is 1. The third-order valence-corrected chi connectivity index (χ3v) is 5.54. The summed E-state index contributed by atoms with van der Waals surface area (Å²) in [6.45, 7) is 1.44. The quantitative estimate of drug-likeness (QED) is 0.812. The average molecular weight is 392 g/mol. The Morgan fingerprint density at radius 2 is 1.86 bits per heavy atom. The number of para-hydroxylation sites is 2. The monoisotopic (exact) mass is 392 g/mol. The lowest BCUT2D eigenvalue weighted by Gasteiger charge is -2.27. The van der Waals surface area contributed by atoms with Crippen LogP contribution < -0.4 is 10.2 Å². The standard InChI is InChI=1S/C23H24N2O4/c1-15-12-21(26)24-19-8-4-5-9-20(19)25(15)22(27)14-29-23(28)18-11-10-16-6-2-3-7-17(16)13-18/h4-5,8-11,13,15H,2-3,6-7,12,14H2,1H3,(H,24,26). The minimum absolute atomic E-state index is 0.147. The van der Waals surface area contributed by atoms with Gasteiger partial charge in [-0.2, -0.15) is 0 Å². The number of nitrogens with zero attached hydrogens (tertiary/aromatic N) is 1. The largest absolute Gasteiger partial charge is 0.452 e. The van der Waals surface area contributed by atoms with E-state index in [-0.39, 0.29) is 30.9 Å². The molecule has 0 fully saturated rings. The zero-order valence-electron chi connectivity index (χ0n) is 16.4. The van der Waals surface area contributed by atoms with E-state index in [1.807, 2.05) is 25.1 Å². The Bertz CT molecular complexity index is 969. The fourth-order valence-corrected chi connectivity index (χ4v) is 4.11. The first-order valence-electron chi connectivity index (χ1n) is 10.0. The van der Waals surface area contributed by atoms with Gasteiger partial charge in [0, 0.05) is 12.5 Å². The molecule has 1 heterocycles. The minimum atomic E-state index is -0.503. The third-order valence-electron chi connectivity index (χ3n) is 5.54. The molecule has 4 rings (SSSR count). The summed E-state index contributed by atoms with van der Waals surface area (Å²) in [5.41, 5.74) is 4.14. The van der Waals surface area contributed by atoms with Crippen LogP contribution in [0.1, 0.15) is 47.7 Å². The molecule has 2 aliphatic rings.